The van der Waals surface area contributed by atoms with Crippen molar-refractivity contribution in [3.63, 3.8) is 0 Å². The van der Waals surface area contributed by atoms with E-state index >= 15 is 0 Å². The molecule has 1 aliphatic heterocycles. The summed E-state index contributed by atoms with van der Waals surface area (Å²) in [5.74, 6) is 1.09. The summed E-state index contributed by atoms with van der Waals surface area (Å²) in [7, 11) is -2.90. The summed E-state index contributed by atoms with van der Waals surface area (Å²) >= 11 is 0. The molecule has 2 N–H and O–H groups in total. The van der Waals surface area contributed by atoms with Crippen molar-refractivity contribution in [2.45, 2.75) is 39.5 Å². The molecule has 1 unspecified atom stereocenters. The van der Waals surface area contributed by atoms with Gasteiger partial charge >= 0.3 is 0 Å². The van der Waals surface area contributed by atoms with Gasteiger partial charge in [-0.05, 0) is 31.4 Å². The Morgan fingerprint density at radius 1 is 1.28 bits per heavy atom. The number of nitrogens with zero attached hydrogens (tertiary/aromatic N) is 1. The maximum Gasteiger partial charge on any atom is 0.191 e. The minimum Gasteiger partial charge on any atom is -0.377 e. The topological polar surface area (TPSA) is 79.8 Å². The van der Waals surface area contributed by atoms with E-state index in [0.29, 0.717) is 32.1 Å². The van der Waals surface area contributed by atoms with E-state index in [1.165, 1.54) is 0 Å². The van der Waals surface area contributed by atoms with Crippen molar-refractivity contribution in [3.05, 3.63) is 35.4 Å². The Labute approximate surface area is 167 Å². The molecular formula is C17H28IN3O3S. The molecule has 0 aliphatic carbocycles. The van der Waals surface area contributed by atoms with Crippen molar-refractivity contribution in [2.24, 2.45) is 4.99 Å². The van der Waals surface area contributed by atoms with E-state index in [0.717, 1.165) is 17.7 Å². The molecule has 0 bridgehead atoms. The summed E-state index contributed by atoms with van der Waals surface area (Å²) in [5.41, 5.74) is 2.24. The fraction of sp³-hybridized carbons (Fsp3) is 0.588. The molecule has 6 nitrogen and oxygen atoms in total. The molecule has 0 spiro atoms. The largest absolute Gasteiger partial charge is 0.377 e. The average molecular weight is 481 g/mol. The molecule has 25 heavy (non-hydrogen) atoms. The first-order chi connectivity index (χ1) is 11.5. The number of benzene rings is 1. The van der Waals surface area contributed by atoms with Crippen LogP contribution in [0.1, 0.15) is 31.4 Å². The van der Waals surface area contributed by atoms with Gasteiger partial charge in [0, 0.05) is 19.2 Å². The Morgan fingerprint density at radius 3 is 2.60 bits per heavy atom. The Kier molecular flexibility index (Phi) is 9.73. The predicted octanol–water partition coefficient (Wildman–Crippen LogP) is 2.08. The van der Waals surface area contributed by atoms with Gasteiger partial charge in [-0.25, -0.2) is 13.4 Å². The van der Waals surface area contributed by atoms with E-state index in [1.54, 1.807) is 0 Å². The van der Waals surface area contributed by atoms with E-state index in [4.69, 9.17) is 4.74 Å². The Balaban J connectivity index is 0.00000312. The van der Waals surface area contributed by atoms with Gasteiger partial charge in [0.15, 0.2) is 15.8 Å². The first-order valence-corrected chi connectivity index (χ1v) is 10.3. The van der Waals surface area contributed by atoms with Gasteiger partial charge in [-0.3, -0.25) is 0 Å². The van der Waals surface area contributed by atoms with Crippen molar-refractivity contribution in [1.82, 2.24) is 10.6 Å². The van der Waals surface area contributed by atoms with E-state index in [1.807, 2.05) is 38.1 Å². The van der Waals surface area contributed by atoms with Crippen LogP contribution in [0, 0.1) is 0 Å². The third kappa shape index (κ3) is 7.49. The summed E-state index contributed by atoms with van der Waals surface area (Å²) in [6.45, 7) is 6.48. The maximum atomic E-state index is 11.6. The van der Waals surface area contributed by atoms with Crippen LogP contribution in [0.3, 0.4) is 0 Å². The van der Waals surface area contributed by atoms with Gasteiger partial charge in [0.2, 0.25) is 0 Å². The number of hydrogen-bond donors (Lipinski definition) is 2. The third-order valence-electron chi connectivity index (χ3n) is 3.91. The highest BCUT2D eigenvalue weighted by Gasteiger charge is 2.28. The van der Waals surface area contributed by atoms with E-state index < -0.39 is 9.84 Å². The van der Waals surface area contributed by atoms with Crippen molar-refractivity contribution < 1.29 is 13.2 Å². The molecule has 0 radical (unpaired) electrons. The lowest BCUT2D eigenvalue weighted by Crippen LogP contribution is -2.44. The highest BCUT2D eigenvalue weighted by Crippen LogP contribution is 2.13. The molecule has 0 saturated carbocycles. The zero-order valence-corrected chi connectivity index (χ0v) is 18.0. The number of guanidine groups is 1. The highest BCUT2D eigenvalue weighted by atomic mass is 127. The summed E-state index contributed by atoms with van der Waals surface area (Å²) in [5, 5.41) is 6.42. The lowest BCUT2D eigenvalue weighted by atomic mass is 10.1. The summed E-state index contributed by atoms with van der Waals surface area (Å²) < 4.78 is 28.7. The molecule has 2 rings (SSSR count). The SMILES string of the molecule is CCNC(=NCc1ccccc1COCC)NC1CCS(=O)(=O)C1.I. The quantitative estimate of drug-likeness (QED) is 0.354. The van der Waals surface area contributed by atoms with E-state index in [2.05, 4.69) is 15.6 Å². The van der Waals surface area contributed by atoms with Crippen molar-refractivity contribution in [2.75, 3.05) is 24.7 Å². The number of rotatable bonds is 7. The molecule has 1 aromatic carbocycles. The van der Waals surface area contributed by atoms with Crippen molar-refractivity contribution >= 4 is 39.8 Å². The summed E-state index contributed by atoms with van der Waals surface area (Å²) in [4.78, 5) is 4.61. The first-order valence-electron chi connectivity index (χ1n) is 8.44. The van der Waals surface area contributed by atoms with E-state index in [9.17, 15) is 8.42 Å². The van der Waals surface area contributed by atoms with Gasteiger partial charge in [0.25, 0.3) is 0 Å². The van der Waals surface area contributed by atoms with Crippen molar-refractivity contribution in [3.8, 4) is 0 Å². The monoisotopic (exact) mass is 481 g/mol. The Bertz CT molecular complexity index is 665. The maximum absolute atomic E-state index is 11.6. The lowest BCUT2D eigenvalue weighted by Gasteiger charge is -2.16. The first kappa shape index (κ1) is 22.2. The molecule has 0 aromatic heterocycles. The highest BCUT2D eigenvalue weighted by molar-refractivity contribution is 14.0. The molecule has 1 aliphatic rings. The van der Waals surface area contributed by atoms with Gasteiger partial charge in [0.05, 0.1) is 24.7 Å². The number of hydrogen-bond acceptors (Lipinski definition) is 4. The molecule has 1 fully saturated rings. The number of halogens is 1. The summed E-state index contributed by atoms with van der Waals surface area (Å²) in [6.07, 6.45) is 0.633. The Morgan fingerprint density at radius 2 is 2.00 bits per heavy atom. The molecule has 1 atom stereocenters. The van der Waals surface area contributed by atoms with Crippen LogP contribution in [0.2, 0.25) is 0 Å². The second-order valence-corrected chi connectivity index (χ2v) is 8.07. The molecule has 142 valence electrons. The normalized spacial score (nSPS) is 19.3. The minimum atomic E-state index is -2.90. The number of aliphatic imine (C=N–C) groups is 1. The van der Waals surface area contributed by atoms with Gasteiger partial charge in [0.1, 0.15) is 0 Å². The second kappa shape index (κ2) is 11.0. The Hall–Kier alpha value is -0.870. The van der Waals surface area contributed by atoms with Crippen LogP contribution in [-0.2, 0) is 27.7 Å². The molecule has 1 aromatic rings. The van der Waals surface area contributed by atoms with Crippen LogP contribution in [0.15, 0.2) is 29.3 Å². The molecule has 1 saturated heterocycles. The average Bonchev–Trinajstić information content (AvgIpc) is 2.90. The van der Waals surface area contributed by atoms with Crippen LogP contribution in [0.4, 0.5) is 0 Å². The molecular weight excluding hydrogens is 453 g/mol. The molecule has 0 amide bonds. The zero-order chi connectivity index (χ0) is 17.4. The number of ether oxygens (including phenoxy) is 1. The molecule has 8 heteroatoms. The van der Waals surface area contributed by atoms with E-state index in [-0.39, 0.29) is 41.5 Å². The van der Waals surface area contributed by atoms with Crippen LogP contribution in [-0.4, -0.2) is 45.1 Å². The fourth-order valence-corrected chi connectivity index (χ4v) is 4.32. The summed E-state index contributed by atoms with van der Waals surface area (Å²) in [6, 6.07) is 8.01. The number of nitrogens with one attached hydrogen (secondary N) is 2. The smallest absolute Gasteiger partial charge is 0.191 e. The second-order valence-electron chi connectivity index (χ2n) is 5.85. The van der Waals surface area contributed by atoms with Crippen LogP contribution >= 0.6 is 24.0 Å². The molecule has 1 heterocycles. The lowest BCUT2D eigenvalue weighted by molar-refractivity contribution is 0.133. The van der Waals surface area contributed by atoms with Crippen LogP contribution < -0.4 is 10.6 Å². The zero-order valence-electron chi connectivity index (χ0n) is 14.8. The van der Waals surface area contributed by atoms with Crippen molar-refractivity contribution in [1.29, 1.82) is 0 Å². The van der Waals surface area contributed by atoms with Gasteiger partial charge < -0.3 is 15.4 Å². The third-order valence-corrected chi connectivity index (χ3v) is 5.67. The predicted molar refractivity (Wildman–Crippen MR) is 112 cm³/mol. The standard InChI is InChI=1S/C17H27N3O3S.HI/c1-3-18-17(20-16-9-10-24(21,22)13-16)19-11-14-7-5-6-8-15(14)12-23-4-2;/h5-8,16H,3-4,9-13H2,1-2H3,(H2,18,19,20);1H. The number of sulfone groups is 1. The van der Waals surface area contributed by atoms with Gasteiger partial charge in [-0.2, -0.15) is 0 Å². The fourth-order valence-electron chi connectivity index (χ4n) is 2.65. The van der Waals surface area contributed by atoms with Crippen LogP contribution in [0.5, 0.6) is 0 Å². The van der Waals surface area contributed by atoms with Crippen LogP contribution in [0.25, 0.3) is 0 Å². The van der Waals surface area contributed by atoms with Gasteiger partial charge in [-0.15, -0.1) is 24.0 Å². The minimum absolute atomic E-state index is 0. The van der Waals surface area contributed by atoms with Gasteiger partial charge in [-0.1, -0.05) is 24.3 Å².